The molecule has 6 rings (SSSR count). The number of nitrogens with two attached hydrogens (primary N) is 1. The number of piperazine rings is 1. The van der Waals surface area contributed by atoms with Crippen molar-refractivity contribution in [2.45, 2.75) is 63.0 Å². The summed E-state index contributed by atoms with van der Waals surface area (Å²) < 4.78 is 5.96. The second kappa shape index (κ2) is 10.0. The normalized spacial score (nSPS) is 30.0. The standard InChI is InChI=1S/C29H40N4O4/c1-31-11-13-32(14-12-31)20-9-10-21(28(30)35)22(15-20)25(19-5-3-2-4-6-19)29(36)33-16-23(18-7-8-18)27-26(33)24(34)17-37-27/h9-10,15,18-19,23,25-27H,2-8,11-14,16-17H2,1H3,(H2,30,35)/t23-,25+,26-,27-/m1/s1. The number of amides is 2. The van der Waals surface area contributed by atoms with Gasteiger partial charge < -0.3 is 25.2 Å². The smallest absolute Gasteiger partial charge is 0.249 e. The van der Waals surface area contributed by atoms with E-state index in [1.807, 2.05) is 17.0 Å². The van der Waals surface area contributed by atoms with Gasteiger partial charge in [0, 0.05) is 49.9 Å². The van der Waals surface area contributed by atoms with Crippen molar-refractivity contribution in [1.29, 1.82) is 0 Å². The molecule has 0 bridgehead atoms. The molecule has 5 aliphatic rings. The highest BCUT2D eigenvalue weighted by molar-refractivity contribution is 5.99. The molecular weight excluding hydrogens is 468 g/mol. The number of nitrogens with zero attached hydrogens (tertiary/aromatic N) is 3. The van der Waals surface area contributed by atoms with Crippen molar-refractivity contribution >= 4 is 23.3 Å². The fourth-order valence-corrected chi connectivity index (χ4v) is 7.39. The first-order valence-electron chi connectivity index (χ1n) is 14.2. The average molecular weight is 509 g/mol. The van der Waals surface area contributed by atoms with Crippen molar-refractivity contribution in [1.82, 2.24) is 9.80 Å². The highest BCUT2D eigenvalue weighted by Crippen LogP contribution is 2.48. The van der Waals surface area contributed by atoms with Crippen LogP contribution in [0.4, 0.5) is 5.69 Å². The number of hydrogen-bond donors (Lipinski definition) is 1. The predicted molar refractivity (Wildman–Crippen MR) is 140 cm³/mol. The number of fused-ring (bicyclic) bond motifs is 1. The molecule has 3 aliphatic heterocycles. The number of carbonyl (C=O) groups excluding carboxylic acids is 3. The van der Waals surface area contributed by atoms with E-state index in [1.165, 1.54) is 6.42 Å². The molecule has 5 fully saturated rings. The van der Waals surface area contributed by atoms with Crippen LogP contribution in [0.5, 0.6) is 0 Å². The SMILES string of the molecule is CN1CCN(c2ccc(C(N)=O)c([C@@H](C(=O)N3C[C@H](C4CC4)[C@H]4OCC(=O)[C@H]43)C3CCCCC3)c2)CC1. The van der Waals surface area contributed by atoms with E-state index in [0.717, 1.165) is 76.0 Å². The van der Waals surface area contributed by atoms with Gasteiger partial charge in [0.2, 0.25) is 11.8 Å². The lowest BCUT2D eigenvalue weighted by Gasteiger charge is -2.37. The Balaban J connectivity index is 1.38. The Bertz CT molecular complexity index is 1060. The van der Waals surface area contributed by atoms with Gasteiger partial charge in [-0.1, -0.05) is 19.3 Å². The van der Waals surface area contributed by atoms with Crippen LogP contribution in [0.25, 0.3) is 0 Å². The number of benzene rings is 1. The average Bonchev–Trinajstić information content (AvgIpc) is 3.57. The van der Waals surface area contributed by atoms with E-state index in [4.69, 9.17) is 10.5 Å². The predicted octanol–water partition coefficient (Wildman–Crippen LogP) is 2.41. The van der Waals surface area contributed by atoms with Crippen LogP contribution >= 0.6 is 0 Å². The van der Waals surface area contributed by atoms with E-state index < -0.39 is 17.9 Å². The van der Waals surface area contributed by atoms with Crippen LogP contribution in [0.1, 0.15) is 66.8 Å². The molecular formula is C29H40N4O4. The van der Waals surface area contributed by atoms with Gasteiger partial charge in [-0.15, -0.1) is 0 Å². The minimum absolute atomic E-state index is 0.0121. The number of likely N-dealkylation sites (N-methyl/N-ethyl adjacent to an activating group) is 1. The maximum atomic E-state index is 14.6. The molecule has 2 aliphatic carbocycles. The third kappa shape index (κ3) is 4.67. The molecule has 0 aromatic heterocycles. The molecule has 3 heterocycles. The monoisotopic (exact) mass is 508 g/mol. The van der Waals surface area contributed by atoms with E-state index in [1.54, 1.807) is 0 Å². The van der Waals surface area contributed by atoms with Crippen LogP contribution in [-0.2, 0) is 14.3 Å². The summed E-state index contributed by atoms with van der Waals surface area (Å²) in [6, 6.07) is 5.36. The first-order valence-corrected chi connectivity index (χ1v) is 14.2. The van der Waals surface area contributed by atoms with E-state index in [-0.39, 0.29) is 36.2 Å². The molecule has 0 spiro atoms. The third-order valence-electron chi connectivity index (χ3n) is 9.63. The zero-order valence-corrected chi connectivity index (χ0v) is 21.9. The number of primary amides is 1. The molecule has 0 radical (unpaired) electrons. The van der Waals surface area contributed by atoms with Crippen molar-refractivity contribution in [3.05, 3.63) is 29.3 Å². The number of hydrogen-bond acceptors (Lipinski definition) is 6. The van der Waals surface area contributed by atoms with Gasteiger partial charge in [-0.3, -0.25) is 14.4 Å². The van der Waals surface area contributed by atoms with Gasteiger partial charge in [-0.25, -0.2) is 0 Å². The number of ketones is 1. The molecule has 0 unspecified atom stereocenters. The van der Waals surface area contributed by atoms with Gasteiger partial charge in [-0.2, -0.15) is 0 Å². The number of ether oxygens (including phenoxy) is 1. The number of rotatable bonds is 6. The molecule has 200 valence electrons. The van der Waals surface area contributed by atoms with Gasteiger partial charge in [-0.05, 0) is 68.3 Å². The van der Waals surface area contributed by atoms with Crippen molar-refractivity contribution < 1.29 is 19.1 Å². The maximum absolute atomic E-state index is 14.6. The van der Waals surface area contributed by atoms with Crippen LogP contribution in [0.3, 0.4) is 0 Å². The maximum Gasteiger partial charge on any atom is 0.249 e. The molecule has 3 saturated heterocycles. The minimum Gasteiger partial charge on any atom is -0.369 e. The minimum atomic E-state index is -0.496. The zero-order valence-electron chi connectivity index (χ0n) is 21.9. The summed E-state index contributed by atoms with van der Waals surface area (Å²) in [5, 5.41) is 0. The van der Waals surface area contributed by atoms with Gasteiger partial charge in [0.05, 0.1) is 12.0 Å². The van der Waals surface area contributed by atoms with Crippen LogP contribution < -0.4 is 10.6 Å². The lowest BCUT2D eigenvalue weighted by atomic mass is 9.74. The van der Waals surface area contributed by atoms with Gasteiger partial charge in [0.25, 0.3) is 0 Å². The first-order chi connectivity index (χ1) is 17.9. The van der Waals surface area contributed by atoms with Crippen molar-refractivity contribution in [2.75, 3.05) is 51.3 Å². The Labute approximate surface area is 219 Å². The molecule has 37 heavy (non-hydrogen) atoms. The largest absolute Gasteiger partial charge is 0.369 e. The second-order valence-corrected chi connectivity index (χ2v) is 12.0. The number of carbonyl (C=O) groups is 3. The molecule has 4 atom stereocenters. The summed E-state index contributed by atoms with van der Waals surface area (Å²) in [6.45, 7) is 4.43. The number of likely N-dealkylation sites (tertiary alicyclic amines) is 1. The van der Waals surface area contributed by atoms with E-state index in [9.17, 15) is 14.4 Å². The molecule has 8 nitrogen and oxygen atoms in total. The number of Topliss-reactive ketones (excluding diaryl/α,β-unsaturated/α-hetero) is 1. The Morgan fingerprint density at radius 3 is 2.43 bits per heavy atom. The Morgan fingerprint density at radius 2 is 1.76 bits per heavy atom. The van der Waals surface area contributed by atoms with Gasteiger partial charge in [0.1, 0.15) is 12.6 Å². The summed E-state index contributed by atoms with van der Waals surface area (Å²) in [4.78, 5) is 46.7. The Morgan fingerprint density at radius 1 is 1.03 bits per heavy atom. The van der Waals surface area contributed by atoms with Crippen molar-refractivity contribution in [3.8, 4) is 0 Å². The summed E-state index contributed by atoms with van der Waals surface area (Å²) in [6.07, 6.45) is 7.36. The molecule has 1 aromatic rings. The summed E-state index contributed by atoms with van der Waals surface area (Å²) in [7, 11) is 2.13. The van der Waals surface area contributed by atoms with Crippen molar-refractivity contribution in [2.24, 2.45) is 23.5 Å². The highest BCUT2D eigenvalue weighted by atomic mass is 16.5. The molecule has 1 aromatic carbocycles. The van der Waals surface area contributed by atoms with E-state index in [2.05, 4.69) is 22.9 Å². The fraction of sp³-hybridized carbons (Fsp3) is 0.690. The lowest BCUT2D eigenvalue weighted by molar-refractivity contribution is -0.139. The highest BCUT2D eigenvalue weighted by Gasteiger charge is 2.57. The third-order valence-corrected chi connectivity index (χ3v) is 9.63. The number of anilines is 1. The lowest BCUT2D eigenvalue weighted by Crippen LogP contribution is -2.46. The molecule has 2 amide bonds. The van der Waals surface area contributed by atoms with Crippen LogP contribution in [-0.4, -0.2) is 85.9 Å². The Kier molecular flexibility index (Phi) is 6.74. The van der Waals surface area contributed by atoms with E-state index in [0.29, 0.717) is 18.0 Å². The molecule has 2 saturated carbocycles. The fourth-order valence-electron chi connectivity index (χ4n) is 7.39. The summed E-state index contributed by atoms with van der Waals surface area (Å²) in [5.41, 5.74) is 8.12. The van der Waals surface area contributed by atoms with Crippen LogP contribution in [0.15, 0.2) is 18.2 Å². The molecule has 8 heteroatoms. The van der Waals surface area contributed by atoms with Gasteiger partial charge in [0.15, 0.2) is 5.78 Å². The van der Waals surface area contributed by atoms with E-state index >= 15 is 0 Å². The van der Waals surface area contributed by atoms with Gasteiger partial charge >= 0.3 is 0 Å². The van der Waals surface area contributed by atoms with Crippen LogP contribution in [0, 0.1) is 17.8 Å². The first kappa shape index (κ1) is 24.9. The van der Waals surface area contributed by atoms with Crippen molar-refractivity contribution in [3.63, 3.8) is 0 Å². The Hall–Kier alpha value is -2.45. The summed E-state index contributed by atoms with van der Waals surface area (Å²) >= 11 is 0. The topological polar surface area (TPSA) is 96.2 Å². The quantitative estimate of drug-likeness (QED) is 0.634. The summed E-state index contributed by atoms with van der Waals surface area (Å²) in [5.74, 6) is -0.0398. The molecule has 2 N–H and O–H groups in total. The second-order valence-electron chi connectivity index (χ2n) is 12.0. The van der Waals surface area contributed by atoms with Crippen LogP contribution in [0.2, 0.25) is 0 Å². The zero-order chi connectivity index (χ0) is 25.7.